The second-order valence-electron chi connectivity index (χ2n) is 6.04. The molecule has 1 aliphatic carbocycles. The molecule has 0 saturated heterocycles. The predicted molar refractivity (Wildman–Crippen MR) is 92.3 cm³/mol. The highest BCUT2D eigenvalue weighted by molar-refractivity contribution is 6.30. The molecule has 0 aromatic heterocycles. The molecule has 4 heteroatoms. The third kappa shape index (κ3) is 3.05. The first kappa shape index (κ1) is 15.2. The molecule has 3 nitrogen and oxygen atoms in total. The Morgan fingerprint density at radius 2 is 2.05 bits per heavy atom. The van der Waals surface area contributed by atoms with E-state index < -0.39 is 0 Å². The van der Waals surface area contributed by atoms with E-state index in [1.807, 2.05) is 24.3 Å². The van der Waals surface area contributed by atoms with Gasteiger partial charge in [-0.3, -0.25) is 0 Å². The fourth-order valence-electron chi connectivity index (χ4n) is 2.84. The van der Waals surface area contributed by atoms with E-state index in [1.165, 1.54) is 12.8 Å². The van der Waals surface area contributed by atoms with Crippen molar-refractivity contribution in [3.63, 3.8) is 0 Å². The molecule has 1 atom stereocenters. The van der Waals surface area contributed by atoms with Crippen LogP contribution in [0.25, 0.3) is 0 Å². The Kier molecular flexibility index (Phi) is 4.25. The van der Waals surface area contributed by atoms with E-state index in [0.29, 0.717) is 11.8 Å². The summed E-state index contributed by atoms with van der Waals surface area (Å²) in [7, 11) is 0. The maximum Gasteiger partial charge on any atom is 0.0806 e. The number of nitrogens with one attached hydrogen (secondary N) is 3. The zero-order valence-electron chi connectivity index (χ0n) is 12.9. The van der Waals surface area contributed by atoms with Crippen molar-refractivity contribution in [1.29, 1.82) is 5.41 Å². The van der Waals surface area contributed by atoms with E-state index >= 15 is 0 Å². The molecule has 1 saturated carbocycles. The first-order chi connectivity index (χ1) is 10.6. The zero-order chi connectivity index (χ0) is 15.7. The maximum atomic E-state index is 8.49. The summed E-state index contributed by atoms with van der Waals surface area (Å²) in [6, 6.07) is 8.37. The average molecular weight is 316 g/mol. The Morgan fingerprint density at radius 1 is 1.36 bits per heavy atom. The third-order valence-electron chi connectivity index (χ3n) is 4.13. The van der Waals surface area contributed by atoms with Gasteiger partial charge in [0.25, 0.3) is 0 Å². The fraction of sp³-hybridized carbons (Fsp3) is 0.389. The lowest BCUT2D eigenvalue weighted by Crippen LogP contribution is -2.19. The smallest absolute Gasteiger partial charge is 0.0806 e. The van der Waals surface area contributed by atoms with Crippen LogP contribution in [0.15, 0.2) is 47.8 Å². The van der Waals surface area contributed by atoms with Crippen LogP contribution in [0, 0.1) is 5.41 Å². The van der Waals surface area contributed by atoms with E-state index in [0.717, 1.165) is 40.4 Å². The van der Waals surface area contributed by atoms with E-state index in [9.17, 15) is 0 Å². The molecule has 3 rings (SSSR count). The van der Waals surface area contributed by atoms with Crippen molar-refractivity contribution in [3.8, 4) is 0 Å². The Hall–Kier alpha value is -1.74. The minimum Gasteiger partial charge on any atom is -0.380 e. The van der Waals surface area contributed by atoms with Crippen LogP contribution in [0.3, 0.4) is 0 Å². The van der Waals surface area contributed by atoms with Crippen LogP contribution in [0.5, 0.6) is 0 Å². The van der Waals surface area contributed by atoms with Gasteiger partial charge in [-0.1, -0.05) is 43.7 Å². The van der Waals surface area contributed by atoms with Crippen molar-refractivity contribution < 1.29 is 0 Å². The predicted octanol–water partition coefficient (Wildman–Crippen LogP) is 4.32. The monoisotopic (exact) mass is 315 g/mol. The van der Waals surface area contributed by atoms with Crippen molar-refractivity contribution >= 4 is 17.3 Å². The lowest BCUT2D eigenvalue weighted by atomic mass is 9.94. The molecule has 3 N–H and O–H groups in total. The van der Waals surface area contributed by atoms with Crippen LogP contribution in [-0.2, 0) is 0 Å². The topological polar surface area (TPSA) is 47.9 Å². The second kappa shape index (κ2) is 6.17. The summed E-state index contributed by atoms with van der Waals surface area (Å²) >= 11 is 6.00. The van der Waals surface area contributed by atoms with Crippen molar-refractivity contribution in [1.82, 2.24) is 10.6 Å². The average Bonchev–Trinajstić information content (AvgIpc) is 3.24. The van der Waals surface area contributed by atoms with Gasteiger partial charge < -0.3 is 16.0 Å². The number of benzene rings is 1. The summed E-state index contributed by atoms with van der Waals surface area (Å²) in [5, 5.41) is 16.2. The fourth-order valence-corrected chi connectivity index (χ4v) is 2.96. The Labute approximate surface area is 137 Å². The first-order valence-electron chi connectivity index (χ1n) is 7.90. The standard InChI is InChI=1S/C18H22ClN3/c1-3-4-15(20)16-17(22-14-9-10-14)11(2)21-18(16)12-5-7-13(19)8-6-12/h5-8,14,18,20-22H,2-4,9-10H2,1H3. The Morgan fingerprint density at radius 3 is 2.64 bits per heavy atom. The largest absolute Gasteiger partial charge is 0.380 e. The number of rotatable bonds is 6. The van der Waals surface area contributed by atoms with Crippen LogP contribution < -0.4 is 10.6 Å². The van der Waals surface area contributed by atoms with Gasteiger partial charge in [0.15, 0.2) is 0 Å². The molecular formula is C18H22ClN3. The lowest BCUT2D eigenvalue weighted by Gasteiger charge is -2.17. The van der Waals surface area contributed by atoms with Crippen LogP contribution in [-0.4, -0.2) is 11.8 Å². The molecule has 1 fully saturated rings. The minimum atomic E-state index is -0.00920. The molecule has 22 heavy (non-hydrogen) atoms. The van der Waals surface area contributed by atoms with E-state index in [1.54, 1.807) is 0 Å². The van der Waals surface area contributed by atoms with Crippen molar-refractivity contribution in [2.75, 3.05) is 0 Å². The van der Waals surface area contributed by atoms with E-state index in [2.05, 4.69) is 24.1 Å². The van der Waals surface area contributed by atoms with Gasteiger partial charge in [-0.25, -0.2) is 0 Å². The first-order valence-corrected chi connectivity index (χ1v) is 8.27. The van der Waals surface area contributed by atoms with E-state index in [4.69, 9.17) is 17.0 Å². The maximum absolute atomic E-state index is 8.49. The van der Waals surface area contributed by atoms with Gasteiger partial charge in [-0.15, -0.1) is 0 Å². The van der Waals surface area contributed by atoms with Crippen molar-refractivity contribution in [3.05, 3.63) is 58.4 Å². The molecular weight excluding hydrogens is 294 g/mol. The SMILES string of the molecule is C=C1NC(c2ccc(Cl)cc2)C(C(=N)CCC)=C1NC1CC1. The van der Waals surface area contributed by atoms with Crippen molar-refractivity contribution in [2.24, 2.45) is 0 Å². The van der Waals surface area contributed by atoms with Gasteiger partial charge in [-0.05, 0) is 37.0 Å². The number of halogens is 1. The van der Waals surface area contributed by atoms with Gasteiger partial charge in [-0.2, -0.15) is 0 Å². The highest BCUT2D eigenvalue weighted by atomic mass is 35.5. The Bertz CT molecular complexity index is 626. The summed E-state index contributed by atoms with van der Waals surface area (Å²) in [6.07, 6.45) is 4.16. The third-order valence-corrected chi connectivity index (χ3v) is 4.38. The van der Waals surface area contributed by atoms with Crippen LogP contribution >= 0.6 is 11.6 Å². The van der Waals surface area contributed by atoms with Gasteiger partial charge in [0.1, 0.15) is 0 Å². The molecule has 1 aliphatic heterocycles. The number of hydrogen-bond acceptors (Lipinski definition) is 3. The highest BCUT2D eigenvalue weighted by Crippen LogP contribution is 2.36. The minimum absolute atomic E-state index is 0.00920. The van der Waals surface area contributed by atoms with Gasteiger partial charge >= 0.3 is 0 Å². The van der Waals surface area contributed by atoms with Gasteiger partial charge in [0.05, 0.1) is 17.4 Å². The van der Waals surface area contributed by atoms with Crippen LogP contribution in [0.4, 0.5) is 0 Å². The van der Waals surface area contributed by atoms with Crippen LogP contribution in [0.1, 0.15) is 44.2 Å². The van der Waals surface area contributed by atoms with Gasteiger partial charge in [0.2, 0.25) is 0 Å². The van der Waals surface area contributed by atoms with Gasteiger partial charge in [0, 0.05) is 22.3 Å². The molecule has 1 aromatic rings. The highest BCUT2D eigenvalue weighted by Gasteiger charge is 2.34. The van der Waals surface area contributed by atoms with Crippen LogP contribution in [0.2, 0.25) is 5.02 Å². The Balaban J connectivity index is 1.97. The summed E-state index contributed by atoms with van der Waals surface area (Å²) in [5.41, 5.74) is 4.77. The molecule has 2 aliphatic rings. The molecule has 116 valence electrons. The second-order valence-corrected chi connectivity index (χ2v) is 6.48. The zero-order valence-corrected chi connectivity index (χ0v) is 13.6. The molecule has 1 unspecified atom stereocenters. The molecule has 0 radical (unpaired) electrons. The molecule has 0 amide bonds. The van der Waals surface area contributed by atoms with Crippen molar-refractivity contribution in [2.45, 2.75) is 44.7 Å². The quantitative estimate of drug-likeness (QED) is 0.684. The normalized spacial score (nSPS) is 21.0. The summed E-state index contributed by atoms with van der Waals surface area (Å²) in [4.78, 5) is 0. The molecule has 0 bridgehead atoms. The molecule has 1 heterocycles. The number of hydrogen-bond donors (Lipinski definition) is 3. The lowest BCUT2D eigenvalue weighted by molar-refractivity contribution is 0.742. The summed E-state index contributed by atoms with van der Waals surface area (Å²) < 4.78 is 0. The summed E-state index contributed by atoms with van der Waals surface area (Å²) in [5.74, 6) is 0. The molecule has 0 spiro atoms. The summed E-state index contributed by atoms with van der Waals surface area (Å²) in [6.45, 7) is 6.26. The van der Waals surface area contributed by atoms with E-state index in [-0.39, 0.29) is 6.04 Å². The molecule has 1 aromatic carbocycles.